The van der Waals surface area contributed by atoms with Crippen molar-refractivity contribution in [3.63, 3.8) is 0 Å². The first kappa shape index (κ1) is 13.2. The van der Waals surface area contributed by atoms with Crippen molar-refractivity contribution in [2.45, 2.75) is 12.6 Å². The topological polar surface area (TPSA) is 67.2 Å². The molecule has 3 aromatic rings. The molecule has 1 aromatic heterocycles. The normalized spacial score (nSPS) is 12.2. The lowest BCUT2D eigenvalue weighted by molar-refractivity contribution is 0.182. The number of nitrogens with zero attached hydrogens (tertiary/aromatic N) is 2. The fourth-order valence-corrected chi connectivity index (χ4v) is 2.33. The van der Waals surface area contributed by atoms with Gasteiger partial charge in [-0.1, -0.05) is 48.5 Å². The summed E-state index contributed by atoms with van der Waals surface area (Å²) in [6.07, 6.45) is 0.910. The molecule has 0 aliphatic carbocycles. The van der Waals surface area contributed by atoms with Crippen LogP contribution in [0.15, 0.2) is 60.8 Å². The highest BCUT2D eigenvalue weighted by atomic mass is 16.4. The van der Waals surface area contributed by atoms with Gasteiger partial charge in [-0.2, -0.15) is 5.10 Å². The van der Waals surface area contributed by atoms with E-state index < -0.39 is 12.3 Å². The van der Waals surface area contributed by atoms with E-state index in [2.05, 4.69) is 10.4 Å². The Morgan fingerprint density at radius 2 is 1.86 bits per heavy atom. The number of amides is 1. The van der Waals surface area contributed by atoms with Crippen LogP contribution in [0, 0.1) is 0 Å². The second-order valence-corrected chi connectivity index (χ2v) is 4.82. The van der Waals surface area contributed by atoms with Crippen LogP contribution in [-0.4, -0.2) is 21.0 Å². The number of hydrogen-bond donors (Lipinski definition) is 2. The molecule has 21 heavy (non-hydrogen) atoms. The Labute approximate surface area is 121 Å². The van der Waals surface area contributed by atoms with Crippen LogP contribution in [0.3, 0.4) is 0 Å². The van der Waals surface area contributed by atoms with Crippen LogP contribution in [0.4, 0.5) is 4.79 Å². The quantitative estimate of drug-likeness (QED) is 0.772. The van der Waals surface area contributed by atoms with Gasteiger partial charge in [0.25, 0.3) is 0 Å². The van der Waals surface area contributed by atoms with Crippen LogP contribution >= 0.6 is 0 Å². The maximum atomic E-state index is 11.0. The zero-order valence-corrected chi connectivity index (χ0v) is 11.3. The maximum Gasteiger partial charge on any atom is 0.406 e. The number of hydrogen-bond acceptors (Lipinski definition) is 2. The van der Waals surface area contributed by atoms with Gasteiger partial charge in [0.05, 0.1) is 5.52 Å². The molecule has 0 radical (unpaired) electrons. The molecule has 0 spiro atoms. The summed E-state index contributed by atoms with van der Waals surface area (Å²) in [5.74, 6) is 0. The molecule has 0 bridgehead atoms. The van der Waals surface area contributed by atoms with Crippen molar-refractivity contribution in [1.29, 1.82) is 0 Å². The van der Waals surface area contributed by atoms with Crippen LogP contribution < -0.4 is 5.32 Å². The highest BCUT2D eigenvalue weighted by Gasteiger charge is 2.15. The minimum absolute atomic E-state index is 0.433. The highest BCUT2D eigenvalue weighted by molar-refractivity contribution is 5.77. The van der Waals surface area contributed by atoms with E-state index in [0.29, 0.717) is 6.42 Å². The van der Waals surface area contributed by atoms with E-state index >= 15 is 0 Å². The summed E-state index contributed by atoms with van der Waals surface area (Å²) in [7, 11) is 0. The van der Waals surface area contributed by atoms with Gasteiger partial charge in [0.15, 0.2) is 0 Å². The van der Waals surface area contributed by atoms with E-state index in [1.165, 1.54) is 0 Å². The van der Waals surface area contributed by atoms with Gasteiger partial charge in [0, 0.05) is 18.0 Å². The minimum Gasteiger partial charge on any atom is -0.465 e. The zero-order chi connectivity index (χ0) is 14.7. The molecular weight excluding hydrogens is 266 g/mol. The predicted octanol–water partition coefficient (Wildman–Crippen LogP) is 3.05. The van der Waals surface area contributed by atoms with Gasteiger partial charge >= 0.3 is 6.09 Å². The molecule has 1 heterocycles. The first-order valence-corrected chi connectivity index (χ1v) is 6.69. The zero-order valence-electron chi connectivity index (χ0n) is 11.3. The van der Waals surface area contributed by atoms with E-state index in [1.807, 2.05) is 60.8 Å². The second kappa shape index (κ2) is 5.66. The predicted molar refractivity (Wildman–Crippen MR) is 80.1 cm³/mol. The Morgan fingerprint density at radius 1 is 1.14 bits per heavy atom. The van der Waals surface area contributed by atoms with Crippen LogP contribution in [0.2, 0.25) is 0 Å². The number of nitrogens with one attached hydrogen (secondary N) is 1. The summed E-state index contributed by atoms with van der Waals surface area (Å²) in [6.45, 7) is 0. The average Bonchev–Trinajstić information content (AvgIpc) is 2.91. The molecule has 2 aromatic carbocycles. The number of carboxylic acid groups (broad SMARTS) is 1. The third kappa shape index (κ3) is 3.02. The van der Waals surface area contributed by atoms with E-state index in [4.69, 9.17) is 5.11 Å². The maximum absolute atomic E-state index is 11.0. The molecular formula is C16H15N3O2. The van der Waals surface area contributed by atoms with Crippen LogP contribution in [-0.2, 0) is 6.42 Å². The Bertz CT molecular complexity index is 719. The van der Waals surface area contributed by atoms with Crippen molar-refractivity contribution in [2.24, 2.45) is 0 Å². The van der Waals surface area contributed by atoms with Crippen molar-refractivity contribution in [1.82, 2.24) is 15.1 Å². The Balaban J connectivity index is 1.92. The van der Waals surface area contributed by atoms with Crippen LogP contribution in [0.25, 0.3) is 10.9 Å². The van der Waals surface area contributed by atoms with Gasteiger partial charge in [-0.25, -0.2) is 9.48 Å². The molecule has 0 aliphatic heterocycles. The standard InChI is InChI=1S/C16H15N3O2/c20-16(21)17-15(10-12-6-2-1-3-7-12)19-11-13-8-4-5-9-14(13)18-19/h1-9,11,15,17H,10H2,(H,20,21). The number of aromatic nitrogens is 2. The Morgan fingerprint density at radius 3 is 2.57 bits per heavy atom. The molecule has 0 fully saturated rings. The molecule has 3 rings (SSSR count). The van der Waals surface area contributed by atoms with Gasteiger partial charge in [-0.05, 0) is 11.6 Å². The fourth-order valence-electron chi connectivity index (χ4n) is 2.33. The highest BCUT2D eigenvalue weighted by Crippen LogP contribution is 2.17. The summed E-state index contributed by atoms with van der Waals surface area (Å²) < 4.78 is 1.67. The van der Waals surface area contributed by atoms with Crippen molar-refractivity contribution in [3.05, 3.63) is 66.4 Å². The van der Waals surface area contributed by atoms with E-state index in [0.717, 1.165) is 16.5 Å². The lowest BCUT2D eigenvalue weighted by atomic mass is 10.1. The molecule has 0 aliphatic rings. The lowest BCUT2D eigenvalue weighted by Crippen LogP contribution is -2.33. The number of carbonyl (C=O) groups is 1. The summed E-state index contributed by atoms with van der Waals surface area (Å²) in [5.41, 5.74) is 1.90. The first-order valence-electron chi connectivity index (χ1n) is 6.69. The average molecular weight is 281 g/mol. The van der Waals surface area contributed by atoms with Gasteiger partial charge in [-0.15, -0.1) is 0 Å². The van der Waals surface area contributed by atoms with E-state index in [1.54, 1.807) is 4.68 Å². The molecule has 106 valence electrons. The molecule has 0 saturated heterocycles. The number of fused-ring (bicyclic) bond motifs is 1. The molecule has 1 unspecified atom stereocenters. The first-order chi connectivity index (χ1) is 10.2. The van der Waals surface area contributed by atoms with Crippen LogP contribution in [0.5, 0.6) is 0 Å². The van der Waals surface area contributed by atoms with Crippen molar-refractivity contribution in [3.8, 4) is 0 Å². The third-order valence-corrected chi connectivity index (χ3v) is 3.31. The van der Waals surface area contributed by atoms with E-state index in [-0.39, 0.29) is 0 Å². The monoisotopic (exact) mass is 281 g/mol. The Kier molecular flexibility index (Phi) is 3.55. The van der Waals surface area contributed by atoms with Gasteiger partial charge in [-0.3, -0.25) is 5.32 Å². The smallest absolute Gasteiger partial charge is 0.406 e. The summed E-state index contributed by atoms with van der Waals surface area (Å²) in [4.78, 5) is 11.0. The SMILES string of the molecule is O=C(O)NC(Cc1ccccc1)n1cc2ccccc2n1. The molecule has 5 heteroatoms. The molecule has 0 saturated carbocycles. The van der Waals surface area contributed by atoms with Crippen molar-refractivity contribution in [2.75, 3.05) is 0 Å². The summed E-state index contributed by atoms with van der Waals surface area (Å²) in [6, 6.07) is 17.5. The van der Waals surface area contributed by atoms with Crippen molar-refractivity contribution >= 4 is 17.0 Å². The molecule has 2 N–H and O–H groups in total. The minimum atomic E-state index is -1.06. The lowest BCUT2D eigenvalue weighted by Gasteiger charge is -2.17. The summed E-state index contributed by atoms with van der Waals surface area (Å²) in [5, 5.41) is 17.0. The molecule has 1 atom stereocenters. The fraction of sp³-hybridized carbons (Fsp3) is 0.125. The van der Waals surface area contributed by atoms with Gasteiger partial charge in [0.1, 0.15) is 6.17 Å². The van der Waals surface area contributed by atoms with Crippen LogP contribution in [0.1, 0.15) is 11.7 Å². The van der Waals surface area contributed by atoms with Gasteiger partial charge < -0.3 is 5.11 Å². The van der Waals surface area contributed by atoms with Gasteiger partial charge in [0.2, 0.25) is 0 Å². The molecule has 1 amide bonds. The number of rotatable bonds is 4. The second-order valence-electron chi connectivity index (χ2n) is 4.82. The molecule has 5 nitrogen and oxygen atoms in total. The third-order valence-electron chi connectivity index (χ3n) is 3.31. The number of benzene rings is 2. The summed E-state index contributed by atoms with van der Waals surface area (Å²) >= 11 is 0. The largest absolute Gasteiger partial charge is 0.465 e. The van der Waals surface area contributed by atoms with E-state index in [9.17, 15) is 4.79 Å². The van der Waals surface area contributed by atoms with Crippen molar-refractivity contribution < 1.29 is 9.90 Å². The Hall–Kier alpha value is -2.82.